The van der Waals surface area contributed by atoms with Gasteiger partial charge in [-0.15, -0.1) is 0 Å². The molecule has 0 radical (unpaired) electrons. The Morgan fingerprint density at radius 3 is 2.69 bits per heavy atom. The maximum atomic E-state index is 12.0. The van der Waals surface area contributed by atoms with Crippen LogP contribution in [0.4, 0.5) is 5.82 Å². The summed E-state index contributed by atoms with van der Waals surface area (Å²) in [5.41, 5.74) is 2.39. The molecule has 0 aliphatic carbocycles. The second-order valence-corrected chi connectivity index (χ2v) is 6.51. The topological polar surface area (TPSA) is 88.9 Å². The number of nitrogens with one attached hydrogen (secondary N) is 1. The number of aryl methyl sites for hydroxylation is 1. The number of nitrogens with zero attached hydrogens (tertiary/aromatic N) is 5. The Morgan fingerprint density at radius 1 is 1.27 bits per heavy atom. The molecule has 3 aromatic rings. The van der Waals surface area contributed by atoms with E-state index in [2.05, 4.69) is 15.1 Å². The molecule has 0 amide bonds. The first-order valence-electron chi connectivity index (χ1n) is 8.80. The smallest absolute Gasteiger partial charge is 0.343 e. The number of benzene rings is 1. The first kappa shape index (κ1) is 16.7. The molecule has 0 spiro atoms. The van der Waals surface area contributed by atoms with Gasteiger partial charge in [-0.2, -0.15) is 5.10 Å². The Balaban J connectivity index is 1.82. The van der Waals surface area contributed by atoms with E-state index in [-0.39, 0.29) is 17.8 Å². The van der Waals surface area contributed by atoms with E-state index in [1.54, 1.807) is 11.7 Å². The average Bonchev–Trinajstić information content (AvgIpc) is 3.23. The van der Waals surface area contributed by atoms with Crippen molar-refractivity contribution in [3.8, 4) is 0 Å². The quantitative estimate of drug-likeness (QED) is 0.769. The lowest BCUT2D eigenvalue weighted by Gasteiger charge is -2.26. The monoisotopic (exact) mass is 354 g/mol. The predicted octanol–water partition coefficient (Wildman–Crippen LogP) is 1.81. The molecule has 1 aliphatic heterocycles. The molecule has 0 bridgehead atoms. The zero-order chi connectivity index (χ0) is 18.3. The number of hydrogen-bond acceptors (Lipinski definition) is 6. The Bertz CT molecular complexity index is 995. The maximum Gasteiger partial charge on any atom is 0.343 e. The van der Waals surface area contributed by atoms with Crippen molar-refractivity contribution in [2.75, 3.05) is 18.6 Å². The van der Waals surface area contributed by atoms with Crippen LogP contribution in [-0.4, -0.2) is 44.5 Å². The van der Waals surface area contributed by atoms with Crippen LogP contribution in [0.5, 0.6) is 0 Å². The number of H-pyrrole nitrogens is 1. The number of rotatable bonds is 4. The van der Waals surface area contributed by atoms with Crippen LogP contribution in [-0.2, 0) is 11.3 Å². The summed E-state index contributed by atoms with van der Waals surface area (Å²) in [5, 5.41) is 6.85. The van der Waals surface area contributed by atoms with Gasteiger partial charge in [-0.25, -0.2) is 19.9 Å². The van der Waals surface area contributed by atoms with Gasteiger partial charge in [-0.3, -0.25) is 4.57 Å². The SMILES string of the molecule is CCn1c([C@@H]2C[C@H](OC)CN2c2nc3ccccc3nc2C)n[nH]c1=O. The largest absolute Gasteiger partial charge is 0.380 e. The molecule has 2 aromatic heterocycles. The summed E-state index contributed by atoms with van der Waals surface area (Å²) in [7, 11) is 1.71. The zero-order valence-corrected chi connectivity index (χ0v) is 15.1. The predicted molar refractivity (Wildman–Crippen MR) is 98.3 cm³/mol. The normalized spacial score (nSPS) is 20.2. The molecule has 1 saturated heterocycles. The molecular formula is C18H22N6O2. The van der Waals surface area contributed by atoms with Crippen molar-refractivity contribution in [2.24, 2.45) is 0 Å². The van der Waals surface area contributed by atoms with Crippen LogP contribution in [0.3, 0.4) is 0 Å². The van der Waals surface area contributed by atoms with Gasteiger partial charge in [0.2, 0.25) is 0 Å². The van der Waals surface area contributed by atoms with Gasteiger partial charge in [0.05, 0.1) is 28.9 Å². The Kier molecular flexibility index (Phi) is 4.20. The van der Waals surface area contributed by atoms with Gasteiger partial charge in [0.25, 0.3) is 0 Å². The number of methoxy groups -OCH3 is 1. The third-order valence-corrected chi connectivity index (χ3v) is 4.99. The van der Waals surface area contributed by atoms with E-state index in [1.807, 2.05) is 38.1 Å². The Hall–Kier alpha value is -2.74. The van der Waals surface area contributed by atoms with Crippen molar-refractivity contribution in [3.63, 3.8) is 0 Å². The third-order valence-electron chi connectivity index (χ3n) is 4.99. The molecule has 4 rings (SSSR count). The fourth-order valence-corrected chi connectivity index (χ4v) is 3.69. The van der Waals surface area contributed by atoms with E-state index in [1.165, 1.54) is 0 Å². The van der Waals surface area contributed by atoms with Gasteiger partial charge in [0.1, 0.15) is 0 Å². The van der Waals surface area contributed by atoms with Gasteiger partial charge < -0.3 is 9.64 Å². The first-order valence-corrected chi connectivity index (χ1v) is 8.80. The summed E-state index contributed by atoms with van der Waals surface area (Å²) >= 11 is 0. The van der Waals surface area contributed by atoms with Crippen LogP contribution in [0.15, 0.2) is 29.1 Å². The third kappa shape index (κ3) is 2.66. The summed E-state index contributed by atoms with van der Waals surface area (Å²) < 4.78 is 7.27. The van der Waals surface area contributed by atoms with E-state index in [4.69, 9.17) is 14.7 Å². The number of ether oxygens (including phenoxy) is 1. The maximum absolute atomic E-state index is 12.0. The van der Waals surface area contributed by atoms with Crippen LogP contribution in [0.2, 0.25) is 0 Å². The second-order valence-electron chi connectivity index (χ2n) is 6.51. The van der Waals surface area contributed by atoms with Gasteiger partial charge in [-0.1, -0.05) is 12.1 Å². The summed E-state index contributed by atoms with van der Waals surface area (Å²) in [6.07, 6.45) is 0.791. The van der Waals surface area contributed by atoms with Crippen LogP contribution in [0.1, 0.15) is 30.9 Å². The summed E-state index contributed by atoms with van der Waals surface area (Å²) in [6.45, 7) is 5.15. The van der Waals surface area contributed by atoms with E-state index >= 15 is 0 Å². The number of hydrogen-bond donors (Lipinski definition) is 1. The molecule has 1 N–H and O–H groups in total. The lowest BCUT2D eigenvalue weighted by Crippen LogP contribution is -2.29. The fraction of sp³-hybridized carbons (Fsp3) is 0.444. The minimum absolute atomic E-state index is 0.0461. The lowest BCUT2D eigenvalue weighted by atomic mass is 10.2. The molecule has 3 heterocycles. The molecule has 1 aliphatic rings. The summed E-state index contributed by atoms with van der Waals surface area (Å²) in [6, 6.07) is 7.74. The highest BCUT2D eigenvalue weighted by Gasteiger charge is 2.38. The highest BCUT2D eigenvalue weighted by molar-refractivity contribution is 5.76. The first-order chi connectivity index (χ1) is 12.6. The van der Waals surface area contributed by atoms with Crippen molar-refractivity contribution >= 4 is 16.9 Å². The zero-order valence-electron chi connectivity index (χ0n) is 15.1. The Labute approximate surface area is 150 Å². The van der Waals surface area contributed by atoms with Crippen LogP contribution in [0.25, 0.3) is 11.0 Å². The molecule has 136 valence electrons. The highest BCUT2D eigenvalue weighted by Crippen LogP contribution is 2.36. The molecule has 1 aromatic carbocycles. The van der Waals surface area contributed by atoms with E-state index in [0.29, 0.717) is 18.9 Å². The number of anilines is 1. The fourth-order valence-electron chi connectivity index (χ4n) is 3.69. The molecule has 1 fully saturated rings. The number of aromatic nitrogens is 5. The van der Waals surface area contributed by atoms with Gasteiger partial charge >= 0.3 is 5.69 Å². The molecular weight excluding hydrogens is 332 g/mol. The van der Waals surface area contributed by atoms with Crippen molar-refractivity contribution < 1.29 is 4.74 Å². The molecule has 8 nitrogen and oxygen atoms in total. The number of aromatic amines is 1. The Morgan fingerprint density at radius 2 is 2.00 bits per heavy atom. The molecule has 0 unspecified atom stereocenters. The minimum atomic E-state index is -0.190. The van der Waals surface area contributed by atoms with Crippen molar-refractivity contribution in [2.45, 2.75) is 39.0 Å². The molecule has 0 saturated carbocycles. The molecule has 26 heavy (non-hydrogen) atoms. The van der Waals surface area contributed by atoms with Crippen molar-refractivity contribution in [1.82, 2.24) is 24.7 Å². The standard InChI is InChI=1S/C18H22N6O2/c1-4-23-17(21-22-18(23)25)15-9-12(26-3)10-24(15)16-11(2)19-13-7-5-6-8-14(13)20-16/h5-8,12,15H,4,9-10H2,1-3H3,(H,22,25)/t12-,15-/m0/s1. The van der Waals surface area contributed by atoms with E-state index in [9.17, 15) is 4.79 Å². The van der Waals surface area contributed by atoms with Crippen LogP contribution >= 0.6 is 0 Å². The van der Waals surface area contributed by atoms with Crippen molar-refractivity contribution in [1.29, 1.82) is 0 Å². The minimum Gasteiger partial charge on any atom is -0.380 e. The average molecular weight is 354 g/mol. The second kappa shape index (κ2) is 6.53. The van der Waals surface area contributed by atoms with E-state index in [0.717, 1.165) is 29.0 Å². The highest BCUT2D eigenvalue weighted by atomic mass is 16.5. The summed E-state index contributed by atoms with van der Waals surface area (Å²) in [4.78, 5) is 23.7. The van der Waals surface area contributed by atoms with Gasteiger partial charge in [0.15, 0.2) is 11.6 Å². The lowest BCUT2D eigenvalue weighted by molar-refractivity contribution is 0.118. The van der Waals surface area contributed by atoms with Crippen molar-refractivity contribution in [3.05, 3.63) is 46.3 Å². The van der Waals surface area contributed by atoms with Gasteiger partial charge in [0, 0.05) is 26.6 Å². The van der Waals surface area contributed by atoms with Crippen LogP contribution in [0, 0.1) is 6.92 Å². The summed E-state index contributed by atoms with van der Waals surface area (Å²) in [5.74, 6) is 1.53. The molecule has 8 heteroatoms. The molecule has 2 atom stereocenters. The number of fused-ring (bicyclic) bond motifs is 1. The van der Waals surface area contributed by atoms with Gasteiger partial charge in [-0.05, 0) is 26.0 Å². The van der Waals surface area contributed by atoms with E-state index < -0.39 is 0 Å². The number of para-hydroxylation sites is 2. The van der Waals surface area contributed by atoms with Crippen LogP contribution < -0.4 is 10.6 Å².